The highest BCUT2D eigenvalue weighted by Crippen LogP contribution is 2.33. The molecule has 0 saturated carbocycles. The quantitative estimate of drug-likeness (QED) is 0.265. The van der Waals surface area contributed by atoms with Crippen LogP contribution < -0.4 is 4.74 Å². The van der Waals surface area contributed by atoms with Gasteiger partial charge in [-0.1, -0.05) is 6.07 Å². The second kappa shape index (κ2) is 10.2. The van der Waals surface area contributed by atoms with Crippen LogP contribution in [0.15, 0.2) is 48.7 Å². The number of aromatic nitrogens is 3. The van der Waals surface area contributed by atoms with Crippen molar-refractivity contribution >= 4 is 11.6 Å². The third-order valence-corrected chi connectivity index (χ3v) is 6.55. The molecular weight excluding hydrogens is 528 g/mol. The highest BCUT2D eigenvalue weighted by atomic mass is 19.4. The molecule has 1 fully saturated rings. The lowest BCUT2D eigenvalue weighted by atomic mass is 10.1. The van der Waals surface area contributed by atoms with Crippen LogP contribution in [0.5, 0.6) is 5.75 Å². The normalized spacial score (nSPS) is 14.7. The van der Waals surface area contributed by atoms with Gasteiger partial charge in [0.15, 0.2) is 28.8 Å². The zero-order valence-corrected chi connectivity index (χ0v) is 20.5. The lowest BCUT2D eigenvalue weighted by Crippen LogP contribution is -2.48. The van der Waals surface area contributed by atoms with Crippen LogP contribution in [0.3, 0.4) is 0 Å². The number of ether oxygens (including phenoxy) is 1. The fourth-order valence-corrected chi connectivity index (χ4v) is 4.43. The van der Waals surface area contributed by atoms with Gasteiger partial charge >= 0.3 is 6.18 Å². The molecular formula is C26H21F6N5O2. The molecule has 0 N–H and O–H groups in total. The predicted octanol–water partition coefficient (Wildman–Crippen LogP) is 4.80. The first-order valence-corrected chi connectivity index (χ1v) is 11.8. The van der Waals surface area contributed by atoms with Crippen molar-refractivity contribution in [2.24, 2.45) is 0 Å². The van der Waals surface area contributed by atoms with Gasteiger partial charge in [0.25, 0.3) is 5.91 Å². The van der Waals surface area contributed by atoms with Crippen LogP contribution in [-0.2, 0) is 12.7 Å². The average molecular weight is 549 g/mol. The minimum Gasteiger partial charge on any atom is -0.497 e. The molecule has 4 aromatic rings. The number of hydrogen-bond acceptors (Lipinski definition) is 5. The van der Waals surface area contributed by atoms with Crippen LogP contribution in [0.4, 0.5) is 26.3 Å². The smallest absolute Gasteiger partial charge is 0.433 e. The second-order valence-corrected chi connectivity index (χ2v) is 8.95. The molecule has 2 aromatic heterocycles. The van der Waals surface area contributed by atoms with Gasteiger partial charge in [-0.3, -0.25) is 9.69 Å². The van der Waals surface area contributed by atoms with Gasteiger partial charge in [-0.15, -0.1) is 0 Å². The Balaban J connectivity index is 1.39. The molecule has 13 heteroatoms. The second-order valence-electron chi connectivity index (χ2n) is 8.95. The number of benzene rings is 2. The maximum atomic E-state index is 14.1. The molecule has 1 saturated heterocycles. The number of halogens is 6. The van der Waals surface area contributed by atoms with Gasteiger partial charge in [0.2, 0.25) is 0 Å². The summed E-state index contributed by atoms with van der Waals surface area (Å²) in [5.41, 5.74) is -1.06. The average Bonchev–Trinajstić information content (AvgIpc) is 3.36. The number of hydrogen-bond donors (Lipinski definition) is 0. The number of carbonyl (C=O) groups excluding carboxylic acids is 1. The molecule has 0 atom stereocenters. The van der Waals surface area contributed by atoms with E-state index in [1.165, 1.54) is 12.0 Å². The third kappa shape index (κ3) is 5.13. The number of nitrogens with zero attached hydrogens (tertiary/aromatic N) is 5. The van der Waals surface area contributed by atoms with E-state index in [0.717, 1.165) is 24.4 Å². The minimum absolute atomic E-state index is 0.00347. The molecule has 7 nitrogen and oxygen atoms in total. The number of piperazine rings is 1. The number of methoxy groups -OCH3 is 1. The summed E-state index contributed by atoms with van der Waals surface area (Å²) in [6, 6.07) is 9.17. The van der Waals surface area contributed by atoms with Gasteiger partial charge in [0.05, 0.1) is 19.0 Å². The topological polar surface area (TPSA) is 63.0 Å². The van der Waals surface area contributed by atoms with Crippen molar-refractivity contribution in [1.82, 2.24) is 24.4 Å². The number of amides is 1. The summed E-state index contributed by atoms with van der Waals surface area (Å²) in [6.07, 6.45) is -3.71. The first-order valence-electron chi connectivity index (χ1n) is 11.8. The molecule has 1 aliphatic heterocycles. The maximum Gasteiger partial charge on any atom is 0.433 e. The van der Waals surface area contributed by atoms with Crippen molar-refractivity contribution in [3.05, 3.63) is 82.9 Å². The number of rotatable bonds is 5. The van der Waals surface area contributed by atoms with Gasteiger partial charge in [0, 0.05) is 43.9 Å². The van der Waals surface area contributed by atoms with Gasteiger partial charge in [0.1, 0.15) is 11.3 Å². The van der Waals surface area contributed by atoms with Crippen LogP contribution >= 0.6 is 0 Å². The molecule has 2 aromatic carbocycles. The van der Waals surface area contributed by atoms with Crippen molar-refractivity contribution in [2.75, 3.05) is 33.3 Å². The molecule has 1 aliphatic rings. The molecule has 3 heterocycles. The Morgan fingerprint density at radius 2 is 1.67 bits per heavy atom. The highest BCUT2D eigenvalue weighted by Gasteiger charge is 2.36. The Morgan fingerprint density at radius 3 is 2.31 bits per heavy atom. The molecule has 1 amide bonds. The van der Waals surface area contributed by atoms with Gasteiger partial charge < -0.3 is 9.64 Å². The fourth-order valence-electron chi connectivity index (χ4n) is 4.43. The summed E-state index contributed by atoms with van der Waals surface area (Å²) in [4.78, 5) is 20.9. The zero-order valence-electron chi connectivity index (χ0n) is 20.5. The minimum atomic E-state index is -4.77. The number of carbonyl (C=O) groups is 1. The lowest BCUT2D eigenvalue weighted by Gasteiger charge is -2.34. The molecule has 204 valence electrons. The Hall–Kier alpha value is -4.13. The summed E-state index contributed by atoms with van der Waals surface area (Å²) in [5.74, 6) is -4.13. The van der Waals surface area contributed by atoms with Crippen LogP contribution in [0, 0.1) is 17.5 Å². The number of alkyl halides is 3. The van der Waals surface area contributed by atoms with E-state index in [4.69, 9.17) is 4.74 Å². The molecule has 5 rings (SSSR count). The summed E-state index contributed by atoms with van der Waals surface area (Å²) < 4.78 is 88.3. The highest BCUT2D eigenvalue weighted by molar-refractivity contribution is 6.00. The molecule has 0 bridgehead atoms. The third-order valence-electron chi connectivity index (χ3n) is 6.55. The SMILES string of the molecule is COc1ccc(-c2cc(C(F)(F)F)n3ncc(C(=O)N4CCN(Cc5ccc(F)c(F)c5F)CC4)c3n2)cc1. The van der Waals surface area contributed by atoms with Gasteiger partial charge in [-0.25, -0.2) is 22.7 Å². The van der Waals surface area contributed by atoms with E-state index in [2.05, 4.69) is 10.1 Å². The van der Waals surface area contributed by atoms with E-state index in [1.807, 2.05) is 0 Å². The van der Waals surface area contributed by atoms with E-state index in [-0.39, 0.29) is 55.2 Å². The summed E-state index contributed by atoms with van der Waals surface area (Å²) in [5, 5.41) is 3.81. The molecule has 0 aliphatic carbocycles. The van der Waals surface area contributed by atoms with Gasteiger partial charge in [-0.2, -0.15) is 18.3 Å². The molecule has 0 spiro atoms. The summed E-state index contributed by atoms with van der Waals surface area (Å²) in [6.45, 7) is 0.907. The zero-order chi connectivity index (χ0) is 27.9. The monoisotopic (exact) mass is 549 g/mol. The van der Waals surface area contributed by atoms with Crippen LogP contribution in [0.25, 0.3) is 16.9 Å². The summed E-state index contributed by atoms with van der Waals surface area (Å²) in [7, 11) is 1.46. The Morgan fingerprint density at radius 1 is 0.974 bits per heavy atom. The van der Waals surface area contributed by atoms with Crippen molar-refractivity contribution < 1.29 is 35.9 Å². The van der Waals surface area contributed by atoms with Crippen LogP contribution in [-0.4, -0.2) is 63.6 Å². The van der Waals surface area contributed by atoms with Crippen LogP contribution in [0.2, 0.25) is 0 Å². The van der Waals surface area contributed by atoms with E-state index in [1.54, 1.807) is 29.2 Å². The van der Waals surface area contributed by atoms with E-state index >= 15 is 0 Å². The Kier molecular flexibility index (Phi) is 6.93. The molecule has 0 radical (unpaired) electrons. The van der Waals surface area contributed by atoms with Crippen LogP contribution in [0.1, 0.15) is 21.6 Å². The Labute approximate surface area is 218 Å². The largest absolute Gasteiger partial charge is 0.497 e. The van der Waals surface area contributed by atoms with Crippen molar-refractivity contribution in [3.63, 3.8) is 0 Å². The van der Waals surface area contributed by atoms with E-state index < -0.39 is 35.2 Å². The van der Waals surface area contributed by atoms with Crippen molar-refractivity contribution in [3.8, 4) is 17.0 Å². The predicted molar refractivity (Wildman–Crippen MR) is 127 cm³/mol. The lowest BCUT2D eigenvalue weighted by molar-refractivity contribution is -0.142. The Bertz CT molecular complexity index is 1530. The maximum absolute atomic E-state index is 14.1. The van der Waals surface area contributed by atoms with E-state index in [9.17, 15) is 31.1 Å². The molecule has 39 heavy (non-hydrogen) atoms. The fraction of sp³-hybridized carbons (Fsp3) is 0.269. The molecule has 0 unspecified atom stereocenters. The van der Waals surface area contributed by atoms with Crippen molar-refractivity contribution in [2.45, 2.75) is 12.7 Å². The standard InChI is InChI=1S/C26H21F6N5O2/c1-39-17-5-2-15(3-6-17)20-12-21(26(30,31)32)37-24(34-20)18(13-33-37)25(38)36-10-8-35(9-11-36)14-16-4-7-19(27)23(29)22(16)28/h2-7,12-13H,8-11,14H2,1H3. The van der Waals surface area contributed by atoms with Crippen molar-refractivity contribution in [1.29, 1.82) is 0 Å². The van der Waals surface area contributed by atoms with E-state index in [0.29, 0.717) is 15.8 Å². The summed E-state index contributed by atoms with van der Waals surface area (Å²) >= 11 is 0. The number of fused-ring (bicyclic) bond motifs is 1. The first-order chi connectivity index (χ1) is 18.6. The first kappa shape index (κ1) is 26.5. The van der Waals surface area contributed by atoms with Gasteiger partial charge in [-0.05, 0) is 36.4 Å².